The van der Waals surface area contributed by atoms with Gasteiger partial charge in [-0.3, -0.25) is 29.8 Å². The zero-order valence-corrected chi connectivity index (χ0v) is 16.1. The smallest absolute Gasteiger partial charge is 0.270 e. The molecule has 2 rings (SSSR count). The summed E-state index contributed by atoms with van der Waals surface area (Å²) in [5.41, 5.74) is 5.29. The summed E-state index contributed by atoms with van der Waals surface area (Å²) < 4.78 is 0. The van der Waals surface area contributed by atoms with Crippen LogP contribution in [0.25, 0.3) is 0 Å². The van der Waals surface area contributed by atoms with E-state index >= 15 is 0 Å². The summed E-state index contributed by atoms with van der Waals surface area (Å²) in [6.07, 6.45) is 2.87. The number of benzene rings is 2. The summed E-state index contributed by atoms with van der Waals surface area (Å²) >= 11 is 0. The van der Waals surface area contributed by atoms with Gasteiger partial charge in [0.1, 0.15) is 0 Å². The number of amides is 2. The molecule has 12 heteroatoms. The number of nitro groups is 2. The zero-order chi connectivity index (χ0) is 22.6. The molecule has 0 aliphatic carbocycles. The monoisotopic (exact) mass is 426 g/mol. The molecule has 2 aromatic rings. The Morgan fingerprint density at radius 1 is 0.806 bits per heavy atom. The van der Waals surface area contributed by atoms with Crippen LogP contribution >= 0.6 is 0 Å². The Hall–Kier alpha value is -4.48. The molecule has 0 saturated heterocycles. The van der Waals surface area contributed by atoms with Gasteiger partial charge >= 0.3 is 0 Å². The van der Waals surface area contributed by atoms with E-state index in [0.29, 0.717) is 11.1 Å². The average Bonchev–Trinajstić information content (AvgIpc) is 2.74. The first-order valence-electron chi connectivity index (χ1n) is 8.98. The fraction of sp³-hybridized carbons (Fsp3) is 0.158. The first-order chi connectivity index (χ1) is 14.8. The van der Waals surface area contributed by atoms with Gasteiger partial charge in [0, 0.05) is 48.2 Å². The van der Waals surface area contributed by atoms with E-state index in [1.54, 1.807) is 12.1 Å². The maximum Gasteiger partial charge on any atom is 0.270 e. The number of carbonyl (C=O) groups excluding carboxylic acids is 2. The Bertz CT molecular complexity index is 955. The third kappa shape index (κ3) is 8.19. The van der Waals surface area contributed by atoms with E-state index in [1.165, 1.54) is 48.8 Å². The maximum absolute atomic E-state index is 11.7. The van der Waals surface area contributed by atoms with Crippen molar-refractivity contribution in [2.45, 2.75) is 19.3 Å². The Morgan fingerprint density at radius 3 is 1.61 bits per heavy atom. The summed E-state index contributed by atoms with van der Waals surface area (Å²) in [7, 11) is 0. The van der Waals surface area contributed by atoms with Gasteiger partial charge in [-0.05, 0) is 6.42 Å². The Balaban J connectivity index is 1.69. The lowest BCUT2D eigenvalue weighted by Gasteiger charge is -2.01. The van der Waals surface area contributed by atoms with Gasteiger partial charge < -0.3 is 0 Å². The molecule has 2 amide bonds. The van der Waals surface area contributed by atoms with Crippen molar-refractivity contribution in [3.05, 3.63) is 79.9 Å². The van der Waals surface area contributed by atoms with Gasteiger partial charge in [0.2, 0.25) is 11.8 Å². The van der Waals surface area contributed by atoms with Crippen molar-refractivity contribution in [2.75, 3.05) is 0 Å². The number of non-ortho nitro benzene ring substituents is 2. The third-order valence-corrected chi connectivity index (χ3v) is 3.78. The second kappa shape index (κ2) is 11.5. The van der Waals surface area contributed by atoms with E-state index in [9.17, 15) is 29.8 Å². The van der Waals surface area contributed by atoms with Gasteiger partial charge in [-0.1, -0.05) is 24.3 Å². The second-order valence-corrected chi connectivity index (χ2v) is 6.14. The summed E-state index contributed by atoms with van der Waals surface area (Å²) in [5.74, 6) is -0.843. The largest absolute Gasteiger partial charge is 0.273 e. The molecule has 0 fully saturated rings. The molecule has 0 radical (unpaired) electrons. The number of nitrogens with zero attached hydrogens (tertiary/aromatic N) is 4. The lowest BCUT2D eigenvalue weighted by atomic mass is 10.2. The molecular formula is C19H18N6O6. The molecule has 0 spiro atoms. The van der Waals surface area contributed by atoms with Gasteiger partial charge in [0.15, 0.2) is 0 Å². The Morgan fingerprint density at radius 2 is 1.23 bits per heavy atom. The van der Waals surface area contributed by atoms with E-state index in [2.05, 4.69) is 21.1 Å². The topological polar surface area (TPSA) is 169 Å². The molecule has 12 nitrogen and oxygen atoms in total. The molecule has 0 aliphatic heterocycles. The van der Waals surface area contributed by atoms with Crippen LogP contribution in [-0.4, -0.2) is 34.1 Å². The fourth-order valence-corrected chi connectivity index (χ4v) is 2.32. The molecule has 0 heterocycles. The summed E-state index contributed by atoms with van der Waals surface area (Å²) in [6, 6.07) is 11.5. The van der Waals surface area contributed by atoms with Crippen molar-refractivity contribution in [3.63, 3.8) is 0 Å². The van der Waals surface area contributed by atoms with E-state index < -0.39 is 21.7 Å². The van der Waals surface area contributed by atoms with E-state index in [4.69, 9.17) is 0 Å². The number of carbonyl (C=O) groups is 2. The van der Waals surface area contributed by atoms with Crippen molar-refractivity contribution in [3.8, 4) is 0 Å². The molecule has 0 unspecified atom stereocenters. The van der Waals surface area contributed by atoms with Crippen molar-refractivity contribution in [1.82, 2.24) is 10.9 Å². The van der Waals surface area contributed by atoms with Crippen LogP contribution in [0.15, 0.2) is 58.7 Å². The minimum Gasteiger partial charge on any atom is -0.273 e. The molecule has 31 heavy (non-hydrogen) atoms. The fourth-order valence-electron chi connectivity index (χ4n) is 2.32. The number of nitro benzene ring substituents is 2. The first kappa shape index (κ1) is 22.8. The van der Waals surface area contributed by atoms with Crippen molar-refractivity contribution in [2.24, 2.45) is 10.2 Å². The number of nitrogens with one attached hydrogen (secondary N) is 2. The van der Waals surface area contributed by atoms with Crippen LogP contribution in [0, 0.1) is 20.2 Å². The molecule has 2 aromatic carbocycles. The average molecular weight is 426 g/mol. The van der Waals surface area contributed by atoms with Crippen LogP contribution in [0.5, 0.6) is 0 Å². The van der Waals surface area contributed by atoms with E-state index in [-0.39, 0.29) is 30.6 Å². The van der Waals surface area contributed by atoms with Crippen LogP contribution in [-0.2, 0) is 9.59 Å². The van der Waals surface area contributed by atoms with Gasteiger partial charge in [-0.15, -0.1) is 0 Å². The minimum absolute atomic E-state index is 0.0360. The molecule has 160 valence electrons. The van der Waals surface area contributed by atoms with Crippen LogP contribution in [0.1, 0.15) is 30.4 Å². The number of hydrogen-bond donors (Lipinski definition) is 2. The highest BCUT2D eigenvalue weighted by molar-refractivity contribution is 5.84. The highest BCUT2D eigenvalue weighted by Gasteiger charge is 2.06. The predicted molar refractivity (Wildman–Crippen MR) is 112 cm³/mol. The quantitative estimate of drug-likeness (QED) is 0.335. The van der Waals surface area contributed by atoms with Crippen molar-refractivity contribution < 1.29 is 19.4 Å². The van der Waals surface area contributed by atoms with Crippen LogP contribution in [0.2, 0.25) is 0 Å². The van der Waals surface area contributed by atoms with Crippen molar-refractivity contribution in [1.29, 1.82) is 0 Å². The maximum atomic E-state index is 11.7. The second-order valence-electron chi connectivity index (χ2n) is 6.14. The minimum atomic E-state index is -0.533. The highest BCUT2D eigenvalue weighted by Crippen LogP contribution is 2.12. The number of hydrazone groups is 2. The summed E-state index contributed by atoms with van der Waals surface area (Å²) in [5, 5.41) is 28.9. The molecule has 0 atom stereocenters. The normalized spacial score (nSPS) is 10.8. The molecule has 0 saturated carbocycles. The van der Waals surface area contributed by atoms with Crippen molar-refractivity contribution >= 4 is 35.6 Å². The predicted octanol–water partition coefficient (Wildman–Crippen LogP) is 2.27. The standard InChI is InChI=1S/C19H18N6O6/c26-18(22-20-12-14-4-1-6-16(10-14)24(28)29)8-3-9-19(27)23-21-13-15-5-2-7-17(11-15)25(30)31/h1-2,4-7,10-13H,3,8-9H2,(H,22,26)(H,23,27)/b20-12-,21-13?. The lowest BCUT2D eigenvalue weighted by Crippen LogP contribution is -2.20. The van der Waals surface area contributed by atoms with E-state index in [1.807, 2.05) is 0 Å². The molecule has 0 aliphatic rings. The SMILES string of the molecule is O=C(CCCC(=O)N/N=C\c1cccc([N+](=O)[O-])c1)NN=Cc1cccc([N+](=O)[O-])c1. The van der Waals surface area contributed by atoms with Gasteiger partial charge in [0.05, 0.1) is 22.3 Å². The summed E-state index contributed by atoms with van der Waals surface area (Å²) in [6.45, 7) is 0. The molecular weight excluding hydrogens is 408 g/mol. The number of hydrogen-bond acceptors (Lipinski definition) is 8. The molecule has 0 aromatic heterocycles. The van der Waals surface area contributed by atoms with Crippen LogP contribution in [0.4, 0.5) is 11.4 Å². The summed E-state index contributed by atoms with van der Waals surface area (Å²) in [4.78, 5) is 43.8. The van der Waals surface area contributed by atoms with Crippen LogP contribution in [0.3, 0.4) is 0 Å². The van der Waals surface area contributed by atoms with E-state index in [0.717, 1.165) is 0 Å². The third-order valence-electron chi connectivity index (χ3n) is 3.78. The zero-order valence-electron chi connectivity index (χ0n) is 16.1. The first-order valence-corrected chi connectivity index (χ1v) is 8.98. The lowest BCUT2D eigenvalue weighted by molar-refractivity contribution is -0.385. The van der Waals surface area contributed by atoms with Gasteiger partial charge in [-0.2, -0.15) is 10.2 Å². The Kier molecular flexibility index (Phi) is 8.46. The molecule has 0 bridgehead atoms. The highest BCUT2D eigenvalue weighted by atomic mass is 16.6. The Labute approximate surface area is 176 Å². The number of rotatable bonds is 10. The van der Waals surface area contributed by atoms with Crippen LogP contribution < -0.4 is 10.9 Å². The van der Waals surface area contributed by atoms with Gasteiger partial charge in [-0.25, -0.2) is 10.9 Å². The van der Waals surface area contributed by atoms with Gasteiger partial charge in [0.25, 0.3) is 11.4 Å². The molecule has 2 N–H and O–H groups in total.